The number of ether oxygens (including phenoxy) is 1. The first-order valence-electron chi connectivity index (χ1n) is 5.82. The molecule has 1 amide bonds. The van der Waals surface area contributed by atoms with Crippen LogP contribution in [0.5, 0.6) is 0 Å². The number of anilines is 1. The Hall–Kier alpha value is -0.520. The zero-order chi connectivity index (χ0) is 13.8. The summed E-state index contributed by atoms with van der Waals surface area (Å²) in [6, 6.07) is 3.06. The maximum atomic E-state index is 11.9. The van der Waals surface area contributed by atoms with E-state index in [-0.39, 0.29) is 11.9 Å². The largest absolute Gasteiger partial charge is 0.378 e. The van der Waals surface area contributed by atoms with Gasteiger partial charge in [-0.15, -0.1) is 0 Å². The van der Waals surface area contributed by atoms with Crippen molar-refractivity contribution in [3.63, 3.8) is 0 Å². The van der Waals surface area contributed by atoms with E-state index < -0.39 is 0 Å². The van der Waals surface area contributed by atoms with Crippen molar-refractivity contribution in [1.29, 1.82) is 0 Å². The molecular formula is C12H13Cl3N2O2. The van der Waals surface area contributed by atoms with Gasteiger partial charge in [-0.1, -0.05) is 34.8 Å². The molecule has 1 fully saturated rings. The van der Waals surface area contributed by atoms with Crippen LogP contribution in [0.3, 0.4) is 0 Å². The fraction of sp³-hybridized carbons (Fsp3) is 0.417. The van der Waals surface area contributed by atoms with Gasteiger partial charge in [0.2, 0.25) is 5.91 Å². The normalized spacial score (nSPS) is 19.2. The number of amides is 1. The van der Waals surface area contributed by atoms with Crippen LogP contribution in [0.4, 0.5) is 5.69 Å². The van der Waals surface area contributed by atoms with E-state index in [1.165, 1.54) is 12.1 Å². The monoisotopic (exact) mass is 322 g/mol. The third-order valence-corrected chi connectivity index (χ3v) is 3.75. The summed E-state index contributed by atoms with van der Waals surface area (Å²) in [5.74, 6) is -0.150. The van der Waals surface area contributed by atoms with Gasteiger partial charge in [0.05, 0.1) is 34.0 Å². The molecule has 1 atom stereocenters. The first kappa shape index (κ1) is 14.9. The Morgan fingerprint density at radius 3 is 2.74 bits per heavy atom. The van der Waals surface area contributed by atoms with Crippen LogP contribution in [0, 0.1) is 0 Å². The summed E-state index contributed by atoms with van der Waals surface area (Å²) >= 11 is 17.7. The molecule has 1 aromatic carbocycles. The lowest BCUT2D eigenvalue weighted by Gasteiger charge is -2.23. The molecule has 0 spiro atoms. The topological polar surface area (TPSA) is 50.4 Å². The molecule has 1 unspecified atom stereocenters. The third kappa shape index (κ3) is 4.23. The van der Waals surface area contributed by atoms with Crippen molar-refractivity contribution in [3.05, 3.63) is 27.2 Å². The van der Waals surface area contributed by atoms with Crippen molar-refractivity contribution >= 4 is 46.4 Å². The Bertz CT molecular complexity index is 476. The van der Waals surface area contributed by atoms with Gasteiger partial charge in [0.1, 0.15) is 0 Å². The van der Waals surface area contributed by atoms with Gasteiger partial charge in [0, 0.05) is 19.0 Å². The molecule has 4 nitrogen and oxygen atoms in total. The lowest BCUT2D eigenvalue weighted by Crippen LogP contribution is -2.43. The van der Waals surface area contributed by atoms with Crippen LogP contribution in [-0.2, 0) is 9.53 Å². The van der Waals surface area contributed by atoms with Crippen molar-refractivity contribution in [1.82, 2.24) is 5.32 Å². The Balaban J connectivity index is 1.96. The van der Waals surface area contributed by atoms with Gasteiger partial charge in [-0.3, -0.25) is 4.79 Å². The van der Waals surface area contributed by atoms with Gasteiger partial charge < -0.3 is 15.4 Å². The van der Waals surface area contributed by atoms with Crippen LogP contribution < -0.4 is 10.6 Å². The van der Waals surface area contributed by atoms with Gasteiger partial charge in [-0.25, -0.2) is 0 Å². The van der Waals surface area contributed by atoms with Gasteiger partial charge in [-0.2, -0.15) is 0 Å². The molecule has 1 saturated heterocycles. The zero-order valence-corrected chi connectivity index (χ0v) is 12.3. The number of carbonyl (C=O) groups is 1. The van der Waals surface area contributed by atoms with Crippen LogP contribution in [0.15, 0.2) is 12.1 Å². The maximum Gasteiger partial charge on any atom is 0.226 e. The standard InChI is InChI=1S/C12H13Cl3N2O2/c13-8-4-10(15)11(5-9(8)14)17-12(18)3-7-6-19-2-1-16-7/h4-5,7,16H,1-3,6H2,(H,17,18). The number of halogens is 3. The van der Waals surface area contributed by atoms with E-state index in [0.717, 1.165) is 6.54 Å². The Kier molecular flexibility index (Phi) is 5.30. The first-order chi connectivity index (χ1) is 9.06. The van der Waals surface area contributed by atoms with Gasteiger partial charge in [0.25, 0.3) is 0 Å². The van der Waals surface area contributed by atoms with Crippen LogP contribution >= 0.6 is 34.8 Å². The summed E-state index contributed by atoms with van der Waals surface area (Å²) in [4.78, 5) is 11.9. The molecule has 19 heavy (non-hydrogen) atoms. The van der Waals surface area contributed by atoms with E-state index in [4.69, 9.17) is 39.5 Å². The number of hydrogen-bond donors (Lipinski definition) is 2. The molecule has 0 saturated carbocycles. The minimum absolute atomic E-state index is 0.0234. The summed E-state index contributed by atoms with van der Waals surface area (Å²) in [5.41, 5.74) is 0.456. The molecule has 7 heteroatoms. The lowest BCUT2D eigenvalue weighted by atomic mass is 10.2. The highest BCUT2D eigenvalue weighted by Gasteiger charge is 2.17. The van der Waals surface area contributed by atoms with Crippen molar-refractivity contribution in [2.75, 3.05) is 25.1 Å². The fourth-order valence-electron chi connectivity index (χ4n) is 1.79. The summed E-state index contributed by atoms with van der Waals surface area (Å²) in [5, 5.41) is 6.98. The molecule has 1 aliphatic heterocycles. The molecule has 0 aromatic heterocycles. The first-order valence-corrected chi connectivity index (χ1v) is 6.95. The number of carbonyl (C=O) groups excluding carboxylic acids is 1. The highest BCUT2D eigenvalue weighted by atomic mass is 35.5. The second-order valence-electron chi connectivity index (χ2n) is 4.22. The van der Waals surface area contributed by atoms with Crippen LogP contribution in [0.25, 0.3) is 0 Å². The minimum atomic E-state index is -0.150. The van der Waals surface area contributed by atoms with Crippen molar-refractivity contribution in [2.24, 2.45) is 0 Å². The third-order valence-electron chi connectivity index (χ3n) is 2.71. The van der Waals surface area contributed by atoms with E-state index in [2.05, 4.69) is 10.6 Å². The summed E-state index contributed by atoms with van der Waals surface area (Å²) in [6.07, 6.45) is 0.316. The SMILES string of the molecule is O=C(CC1COCCN1)Nc1cc(Cl)c(Cl)cc1Cl. The Morgan fingerprint density at radius 1 is 1.32 bits per heavy atom. The fourth-order valence-corrected chi connectivity index (χ4v) is 2.39. The highest BCUT2D eigenvalue weighted by molar-refractivity contribution is 6.44. The predicted molar refractivity (Wildman–Crippen MR) is 77.3 cm³/mol. The van der Waals surface area contributed by atoms with Crippen molar-refractivity contribution in [2.45, 2.75) is 12.5 Å². The number of hydrogen-bond acceptors (Lipinski definition) is 3. The van der Waals surface area contributed by atoms with Gasteiger partial charge in [0.15, 0.2) is 0 Å². The molecule has 1 heterocycles. The average molecular weight is 324 g/mol. The van der Waals surface area contributed by atoms with Crippen LogP contribution in [-0.4, -0.2) is 31.7 Å². The summed E-state index contributed by atoms with van der Waals surface area (Å²) in [7, 11) is 0. The smallest absolute Gasteiger partial charge is 0.226 e. The number of benzene rings is 1. The van der Waals surface area contributed by atoms with Gasteiger partial charge >= 0.3 is 0 Å². The summed E-state index contributed by atoms with van der Waals surface area (Å²) in [6.45, 7) is 1.96. The number of rotatable bonds is 3. The van der Waals surface area contributed by atoms with E-state index >= 15 is 0 Å². The van der Waals surface area contributed by atoms with Gasteiger partial charge in [-0.05, 0) is 12.1 Å². The quantitative estimate of drug-likeness (QED) is 0.841. The molecule has 0 aliphatic carbocycles. The number of nitrogens with one attached hydrogen (secondary N) is 2. The second kappa shape index (κ2) is 6.77. The van der Waals surface area contributed by atoms with E-state index in [1.807, 2.05) is 0 Å². The molecule has 0 radical (unpaired) electrons. The van der Waals surface area contributed by atoms with E-state index in [9.17, 15) is 4.79 Å². The van der Waals surface area contributed by atoms with E-state index in [1.54, 1.807) is 0 Å². The number of morpholine rings is 1. The Morgan fingerprint density at radius 2 is 2.05 bits per heavy atom. The molecule has 104 valence electrons. The lowest BCUT2D eigenvalue weighted by molar-refractivity contribution is -0.117. The van der Waals surface area contributed by atoms with E-state index in [0.29, 0.717) is 40.4 Å². The van der Waals surface area contributed by atoms with Crippen LogP contribution in [0.2, 0.25) is 15.1 Å². The predicted octanol–water partition coefficient (Wildman–Crippen LogP) is 2.96. The zero-order valence-electron chi connectivity index (χ0n) is 10.0. The maximum absolute atomic E-state index is 11.9. The second-order valence-corrected chi connectivity index (χ2v) is 5.45. The molecule has 2 N–H and O–H groups in total. The molecule has 1 aromatic rings. The minimum Gasteiger partial charge on any atom is -0.378 e. The molecular weight excluding hydrogens is 311 g/mol. The molecule has 1 aliphatic rings. The van der Waals surface area contributed by atoms with Crippen molar-refractivity contribution in [3.8, 4) is 0 Å². The Labute approximate surface area is 126 Å². The van der Waals surface area contributed by atoms with Crippen molar-refractivity contribution < 1.29 is 9.53 Å². The summed E-state index contributed by atoms with van der Waals surface area (Å²) < 4.78 is 5.28. The molecule has 2 rings (SSSR count). The van der Waals surface area contributed by atoms with Crippen LogP contribution in [0.1, 0.15) is 6.42 Å². The molecule has 0 bridgehead atoms. The highest BCUT2D eigenvalue weighted by Crippen LogP contribution is 2.32. The average Bonchev–Trinajstić information content (AvgIpc) is 2.37.